The minimum atomic E-state index is 0.495. The van der Waals surface area contributed by atoms with E-state index in [1.165, 1.54) is 0 Å². The maximum Gasteiger partial charge on any atom is 0.168 e. The predicted molar refractivity (Wildman–Crippen MR) is 60.5 cm³/mol. The number of H-pyrrole nitrogens is 1. The van der Waals surface area contributed by atoms with Crippen LogP contribution < -0.4 is 0 Å². The van der Waals surface area contributed by atoms with Gasteiger partial charge >= 0.3 is 0 Å². The second kappa shape index (κ2) is 6.29. The summed E-state index contributed by atoms with van der Waals surface area (Å²) < 4.78 is 0. The van der Waals surface area contributed by atoms with Crippen LogP contribution in [0, 0.1) is 6.92 Å². The molecule has 2 aromatic rings. The van der Waals surface area contributed by atoms with Gasteiger partial charge in [-0.05, 0) is 31.2 Å². The van der Waals surface area contributed by atoms with Gasteiger partial charge in [0.25, 0.3) is 0 Å². The van der Waals surface area contributed by atoms with Crippen molar-refractivity contribution in [3.8, 4) is 0 Å². The molecule has 0 unspecified atom stereocenters. The molecule has 82 valence electrons. The minimum absolute atomic E-state index is 0.495. The van der Waals surface area contributed by atoms with Crippen molar-refractivity contribution in [3.63, 3.8) is 0 Å². The van der Waals surface area contributed by atoms with E-state index in [1.54, 1.807) is 24.4 Å². The molecule has 0 aromatic carbocycles. The number of carbonyl (C=O) groups excluding carboxylic acids is 2. The first-order valence-corrected chi connectivity index (χ1v) is 4.73. The largest absolute Gasteiger partial charge is 0.359 e. The lowest BCUT2D eigenvalue weighted by molar-refractivity contribution is 0.111. The van der Waals surface area contributed by atoms with Crippen molar-refractivity contribution in [2.45, 2.75) is 6.92 Å². The van der Waals surface area contributed by atoms with Gasteiger partial charge in [0.15, 0.2) is 12.6 Å². The SMILES string of the molecule is Cc1cccc(C=O)n1.O=Cc1ccc[nH]1. The van der Waals surface area contributed by atoms with E-state index in [0.29, 0.717) is 11.4 Å². The first-order chi connectivity index (χ1) is 7.76. The number of carbonyl (C=O) groups is 2. The van der Waals surface area contributed by atoms with Crippen LogP contribution in [0.1, 0.15) is 26.7 Å². The zero-order valence-corrected chi connectivity index (χ0v) is 8.88. The number of aromatic amines is 1. The molecule has 2 heterocycles. The summed E-state index contributed by atoms with van der Waals surface area (Å²) in [5.74, 6) is 0. The zero-order chi connectivity index (χ0) is 11.8. The Morgan fingerprint density at radius 2 is 1.94 bits per heavy atom. The summed E-state index contributed by atoms with van der Waals surface area (Å²) in [4.78, 5) is 26.6. The van der Waals surface area contributed by atoms with E-state index in [4.69, 9.17) is 0 Å². The molecular weight excluding hydrogens is 204 g/mol. The van der Waals surface area contributed by atoms with Crippen LogP contribution in [-0.2, 0) is 0 Å². The predicted octanol–water partition coefficient (Wildman–Crippen LogP) is 2.03. The Morgan fingerprint density at radius 3 is 2.31 bits per heavy atom. The lowest BCUT2D eigenvalue weighted by Gasteiger charge is -1.89. The van der Waals surface area contributed by atoms with Gasteiger partial charge in [-0.1, -0.05) is 6.07 Å². The lowest BCUT2D eigenvalue weighted by Crippen LogP contribution is -1.86. The monoisotopic (exact) mass is 216 g/mol. The van der Waals surface area contributed by atoms with Crippen molar-refractivity contribution in [2.24, 2.45) is 0 Å². The number of pyridine rings is 1. The van der Waals surface area contributed by atoms with Crippen LogP contribution in [0.3, 0.4) is 0 Å². The third-order valence-electron chi connectivity index (χ3n) is 1.78. The van der Waals surface area contributed by atoms with Gasteiger partial charge in [-0.2, -0.15) is 0 Å². The zero-order valence-electron chi connectivity index (χ0n) is 8.88. The number of nitrogens with one attached hydrogen (secondary N) is 1. The fraction of sp³-hybridized carbons (Fsp3) is 0.0833. The molecule has 0 aliphatic rings. The summed E-state index contributed by atoms with van der Waals surface area (Å²) in [7, 11) is 0. The van der Waals surface area contributed by atoms with Crippen LogP contribution in [0.15, 0.2) is 36.5 Å². The van der Waals surface area contributed by atoms with Crippen LogP contribution >= 0.6 is 0 Å². The molecule has 0 saturated heterocycles. The fourth-order valence-corrected chi connectivity index (χ4v) is 1.05. The average molecular weight is 216 g/mol. The standard InChI is InChI=1S/C7H7NO.C5H5NO/c1-6-3-2-4-7(5-9)8-6;7-4-5-2-1-3-6-5/h2-5H,1H3;1-4,6H. The number of hydrogen-bond donors (Lipinski definition) is 1. The molecule has 1 N–H and O–H groups in total. The molecule has 0 bridgehead atoms. The number of hydrogen-bond acceptors (Lipinski definition) is 3. The van der Waals surface area contributed by atoms with Crippen LogP contribution in [0.2, 0.25) is 0 Å². The summed E-state index contributed by atoms with van der Waals surface area (Å²) in [6, 6.07) is 8.84. The van der Waals surface area contributed by atoms with Gasteiger partial charge in [0, 0.05) is 11.9 Å². The lowest BCUT2D eigenvalue weighted by atomic mass is 10.3. The van der Waals surface area contributed by atoms with Crippen molar-refractivity contribution < 1.29 is 9.59 Å². The Kier molecular flexibility index (Phi) is 4.66. The highest BCUT2D eigenvalue weighted by Crippen LogP contribution is 1.93. The van der Waals surface area contributed by atoms with E-state index in [9.17, 15) is 9.59 Å². The van der Waals surface area contributed by atoms with E-state index < -0.39 is 0 Å². The second-order valence-corrected chi connectivity index (χ2v) is 3.06. The van der Waals surface area contributed by atoms with Crippen LogP contribution in [0.4, 0.5) is 0 Å². The molecule has 4 heteroatoms. The van der Waals surface area contributed by atoms with Gasteiger partial charge in [0.2, 0.25) is 0 Å². The molecule has 0 spiro atoms. The van der Waals surface area contributed by atoms with Crippen LogP contribution in [0.5, 0.6) is 0 Å². The van der Waals surface area contributed by atoms with E-state index >= 15 is 0 Å². The number of aromatic nitrogens is 2. The number of aryl methyl sites for hydroxylation is 1. The smallest absolute Gasteiger partial charge is 0.168 e. The molecule has 0 fully saturated rings. The van der Waals surface area contributed by atoms with Gasteiger partial charge < -0.3 is 4.98 Å². The number of nitrogens with zero attached hydrogens (tertiary/aromatic N) is 1. The molecule has 2 rings (SSSR count). The van der Waals surface area contributed by atoms with Crippen LogP contribution in [0.25, 0.3) is 0 Å². The molecule has 4 nitrogen and oxygen atoms in total. The minimum Gasteiger partial charge on any atom is -0.359 e. The molecule has 0 atom stereocenters. The molecule has 16 heavy (non-hydrogen) atoms. The highest BCUT2D eigenvalue weighted by molar-refractivity contribution is 5.71. The van der Waals surface area contributed by atoms with Crippen molar-refractivity contribution in [1.29, 1.82) is 0 Å². The van der Waals surface area contributed by atoms with Gasteiger partial charge in [0.1, 0.15) is 5.69 Å². The quantitative estimate of drug-likeness (QED) is 0.781. The first-order valence-electron chi connectivity index (χ1n) is 4.73. The molecule has 0 saturated carbocycles. The Bertz CT molecular complexity index is 450. The average Bonchev–Trinajstić information content (AvgIpc) is 2.82. The summed E-state index contributed by atoms with van der Waals surface area (Å²) in [6.45, 7) is 1.85. The summed E-state index contributed by atoms with van der Waals surface area (Å²) >= 11 is 0. The molecule has 0 aliphatic carbocycles. The normalized spacial score (nSPS) is 8.81. The molecule has 0 aliphatic heterocycles. The van der Waals surface area contributed by atoms with Crippen LogP contribution in [-0.4, -0.2) is 22.5 Å². The number of rotatable bonds is 2. The Labute approximate surface area is 93.3 Å². The summed E-state index contributed by atoms with van der Waals surface area (Å²) in [5, 5.41) is 0. The maximum atomic E-state index is 10.1. The maximum absolute atomic E-state index is 10.1. The van der Waals surface area contributed by atoms with E-state index in [1.807, 2.05) is 19.1 Å². The Balaban J connectivity index is 0.000000165. The van der Waals surface area contributed by atoms with E-state index in [2.05, 4.69) is 9.97 Å². The highest BCUT2D eigenvalue weighted by Gasteiger charge is 1.87. The van der Waals surface area contributed by atoms with Gasteiger partial charge in [-0.25, -0.2) is 0 Å². The van der Waals surface area contributed by atoms with Crippen molar-refractivity contribution >= 4 is 12.6 Å². The summed E-state index contributed by atoms with van der Waals surface area (Å²) in [6.07, 6.45) is 3.23. The third kappa shape index (κ3) is 3.88. The van der Waals surface area contributed by atoms with Gasteiger partial charge in [-0.3, -0.25) is 14.6 Å². The third-order valence-corrected chi connectivity index (χ3v) is 1.78. The van der Waals surface area contributed by atoms with Gasteiger partial charge in [-0.15, -0.1) is 0 Å². The molecule has 2 aromatic heterocycles. The highest BCUT2D eigenvalue weighted by atomic mass is 16.1. The van der Waals surface area contributed by atoms with Crippen molar-refractivity contribution in [3.05, 3.63) is 53.6 Å². The first kappa shape index (κ1) is 11.8. The molecular formula is C12H12N2O2. The molecule has 0 radical (unpaired) electrons. The number of aldehydes is 2. The van der Waals surface area contributed by atoms with Crippen molar-refractivity contribution in [2.75, 3.05) is 0 Å². The van der Waals surface area contributed by atoms with Gasteiger partial charge in [0.05, 0.1) is 5.69 Å². The summed E-state index contributed by atoms with van der Waals surface area (Å²) in [5.41, 5.74) is 2.00. The Morgan fingerprint density at radius 1 is 1.12 bits per heavy atom. The topological polar surface area (TPSA) is 62.8 Å². The van der Waals surface area contributed by atoms with E-state index in [0.717, 1.165) is 18.3 Å². The van der Waals surface area contributed by atoms with E-state index in [-0.39, 0.29) is 0 Å². The fourth-order valence-electron chi connectivity index (χ4n) is 1.05. The Hall–Kier alpha value is -2.23. The molecule has 0 amide bonds. The van der Waals surface area contributed by atoms with Crippen molar-refractivity contribution in [1.82, 2.24) is 9.97 Å². The second-order valence-electron chi connectivity index (χ2n) is 3.06.